The maximum atomic E-state index is 5.95. The molecule has 1 N–H and O–H groups in total. The molecule has 2 aromatic heterocycles. The number of fused-ring (bicyclic) bond motifs is 1. The lowest BCUT2D eigenvalue weighted by atomic mass is 10.1. The van der Waals surface area contributed by atoms with Crippen molar-refractivity contribution in [3.63, 3.8) is 0 Å². The van der Waals surface area contributed by atoms with Crippen molar-refractivity contribution in [3.8, 4) is 0 Å². The topological polar surface area (TPSA) is 38.6 Å². The molecule has 2 unspecified atom stereocenters. The zero-order chi connectivity index (χ0) is 13.8. The van der Waals surface area contributed by atoms with E-state index in [1.54, 1.807) is 11.3 Å². The highest BCUT2D eigenvalue weighted by Crippen LogP contribution is 2.19. The SMILES string of the molecule is CCCNC(Cc1cn2ccsc2n1)C1CSCCO1. The first-order chi connectivity index (χ1) is 9.86. The van der Waals surface area contributed by atoms with Gasteiger partial charge in [-0.05, 0) is 13.0 Å². The Kier molecular flexibility index (Phi) is 4.99. The molecule has 0 spiro atoms. The van der Waals surface area contributed by atoms with Gasteiger partial charge in [-0.15, -0.1) is 11.3 Å². The molecule has 0 aromatic carbocycles. The first-order valence-corrected chi connectivity index (χ1v) is 9.24. The van der Waals surface area contributed by atoms with E-state index in [-0.39, 0.29) is 0 Å². The minimum atomic E-state index is 0.306. The minimum Gasteiger partial charge on any atom is -0.375 e. The van der Waals surface area contributed by atoms with Crippen LogP contribution in [-0.4, -0.2) is 46.2 Å². The predicted molar refractivity (Wildman–Crippen MR) is 85.9 cm³/mol. The Labute approximate surface area is 127 Å². The van der Waals surface area contributed by atoms with Gasteiger partial charge in [-0.2, -0.15) is 11.8 Å². The van der Waals surface area contributed by atoms with Crippen LogP contribution in [0.25, 0.3) is 4.96 Å². The first kappa shape index (κ1) is 14.4. The number of thiazole rings is 1. The Morgan fingerprint density at radius 1 is 1.60 bits per heavy atom. The lowest BCUT2D eigenvalue weighted by Crippen LogP contribution is -2.46. The first-order valence-electron chi connectivity index (χ1n) is 7.20. The summed E-state index contributed by atoms with van der Waals surface area (Å²) in [6.07, 6.45) is 6.61. The second kappa shape index (κ2) is 6.93. The molecule has 0 aliphatic carbocycles. The molecule has 1 aliphatic rings. The summed E-state index contributed by atoms with van der Waals surface area (Å²) in [5.74, 6) is 2.21. The molecule has 3 rings (SSSR count). The Hall–Kier alpha value is -0.560. The highest BCUT2D eigenvalue weighted by Gasteiger charge is 2.25. The standard InChI is InChI=1S/C14H21N3OS2/c1-2-3-15-12(13-10-19-7-5-18-13)8-11-9-17-4-6-20-14(17)16-11/h4,6,9,12-13,15H,2-3,5,7-8,10H2,1H3. The molecule has 4 nitrogen and oxygen atoms in total. The van der Waals surface area contributed by atoms with Gasteiger partial charge in [0.25, 0.3) is 0 Å². The molecule has 0 radical (unpaired) electrons. The molecule has 1 fully saturated rings. The van der Waals surface area contributed by atoms with E-state index >= 15 is 0 Å². The molecule has 2 aromatic rings. The summed E-state index contributed by atoms with van der Waals surface area (Å²) in [5, 5.41) is 5.71. The van der Waals surface area contributed by atoms with Gasteiger partial charge in [0.1, 0.15) is 0 Å². The fraction of sp³-hybridized carbons (Fsp3) is 0.643. The Bertz CT molecular complexity index is 505. The number of ether oxygens (including phenoxy) is 1. The van der Waals surface area contributed by atoms with Crippen molar-refractivity contribution >= 4 is 28.1 Å². The maximum absolute atomic E-state index is 5.95. The van der Waals surface area contributed by atoms with Crippen LogP contribution >= 0.6 is 23.1 Å². The Balaban J connectivity index is 1.69. The summed E-state index contributed by atoms with van der Waals surface area (Å²) in [7, 11) is 0. The van der Waals surface area contributed by atoms with Crippen molar-refractivity contribution in [1.82, 2.24) is 14.7 Å². The van der Waals surface area contributed by atoms with Crippen LogP contribution in [0.1, 0.15) is 19.0 Å². The predicted octanol–water partition coefficient (Wildman–Crippen LogP) is 2.44. The van der Waals surface area contributed by atoms with Gasteiger partial charge >= 0.3 is 0 Å². The van der Waals surface area contributed by atoms with Crippen LogP contribution in [0.3, 0.4) is 0 Å². The Morgan fingerprint density at radius 2 is 2.55 bits per heavy atom. The quantitative estimate of drug-likeness (QED) is 0.889. The van der Waals surface area contributed by atoms with Gasteiger partial charge in [0.15, 0.2) is 4.96 Å². The third-order valence-corrected chi connectivity index (χ3v) is 5.31. The van der Waals surface area contributed by atoms with Gasteiger partial charge in [-0.3, -0.25) is 4.40 Å². The average molecular weight is 311 g/mol. The lowest BCUT2D eigenvalue weighted by Gasteiger charge is -2.30. The van der Waals surface area contributed by atoms with E-state index in [4.69, 9.17) is 9.72 Å². The van der Waals surface area contributed by atoms with E-state index in [0.717, 1.165) is 48.2 Å². The molecule has 1 aliphatic heterocycles. The molecule has 0 bridgehead atoms. The third kappa shape index (κ3) is 3.36. The summed E-state index contributed by atoms with van der Waals surface area (Å²) >= 11 is 3.68. The molecule has 2 atom stereocenters. The number of thioether (sulfide) groups is 1. The van der Waals surface area contributed by atoms with Crippen LogP contribution in [-0.2, 0) is 11.2 Å². The van der Waals surface area contributed by atoms with Crippen molar-refractivity contribution in [3.05, 3.63) is 23.5 Å². The zero-order valence-electron chi connectivity index (χ0n) is 11.7. The smallest absolute Gasteiger partial charge is 0.193 e. The fourth-order valence-corrected chi connectivity index (χ4v) is 4.16. The molecule has 20 heavy (non-hydrogen) atoms. The van der Waals surface area contributed by atoms with Gasteiger partial charge < -0.3 is 10.1 Å². The fourth-order valence-electron chi connectivity index (χ4n) is 2.50. The summed E-state index contributed by atoms with van der Waals surface area (Å²) in [5.41, 5.74) is 1.16. The van der Waals surface area contributed by atoms with Gasteiger partial charge in [-0.25, -0.2) is 4.98 Å². The minimum absolute atomic E-state index is 0.306. The zero-order valence-corrected chi connectivity index (χ0v) is 13.4. The normalized spacial score (nSPS) is 21.4. The molecular formula is C14H21N3OS2. The van der Waals surface area contributed by atoms with Gasteiger partial charge in [0.05, 0.1) is 18.4 Å². The van der Waals surface area contributed by atoms with Crippen molar-refractivity contribution < 1.29 is 4.74 Å². The number of hydrogen-bond donors (Lipinski definition) is 1. The van der Waals surface area contributed by atoms with Crippen LogP contribution in [0, 0.1) is 0 Å². The molecule has 6 heteroatoms. The summed E-state index contributed by atoms with van der Waals surface area (Å²) < 4.78 is 8.05. The largest absolute Gasteiger partial charge is 0.375 e. The highest BCUT2D eigenvalue weighted by atomic mass is 32.2. The van der Waals surface area contributed by atoms with Gasteiger partial charge in [-0.1, -0.05) is 6.92 Å². The summed E-state index contributed by atoms with van der Waals surface area (Å²) in [4.78, 5) is 5.77. The van der Waals surface area contributed by atoms with Crippen LogP contribution in [0.15, 0.2) is 17.8 Å². The number of imidazole rings is 1. The van der Waals surface area contributed by atoms with Crippen LogP contribution in [0.2, 0.25) is 0 Å². The molecule has 1 saturated heterocycles. The number of rotatable bonds is 6. The molecule has 0 saturated carbocycles. The number of hydrogen-bond acceptors (Lipinski definition) is 5. The van der Waals surface area contributed by atoms with Crippen LogP contribution < -0.4 is 5.32 Å². The van der Waals surface area contributed by atoms with Crippen molar-refractivity contribution in [1.29, 1.82) is 0 Å². The van der Waals surface area contributed by atoms with Crippen LogP contribution in [0.4, 0.5) is 0 Å². The Morgan fingerprint density at radius 3 is 3.30 bits per heavy atom. The lowest BCUT2D eigenvalue weighted by molar-refractivity contribution is 0.0470. The summed E-state index contributed by atoms with van der Waals surface area (Å²) in [6.45, 7) is 4.11. The highest BCUT2D eigenvalue weighted by molar-refractivity contribution is 7.99. The monoisotopic (exact) mass is 311 g/mol. The van der Waals surface area contributed by atoms with Gasteiger partial charge in [0.2, 0.25) is 0 Å². The van der Waals surface area contributed by atoms with Crippen molar-refractivity contribution in [2.75, 3.05) is 24.7 Å². The van der Waals surface area contributed by atoms with E-state index in [9.17, 15) is 0 Å². The number of nitrogens with one attached hydrogen (secondary N) is 1. The van der Waals surface area contributed by atoms with E-state index in [1.165, 1.54) is 0 Å². The number of aromatic nitrogens is 2. The molecule has 110 valence electrons. The van der Waals surface area contributed by atoms with E-state index in [1.807, 2.05) is 11.8 Å². The van der Waals surface area contributed by atoms with Crippen molar-refractivity contribution in [2.24, 2.45) is 0 Å². The van der Waals surface area contributed by atoms with E-state index < -0.39 is 0 Å². The van der Waals surface area contributed by atoms with Gasteiger partial charge in [0, 0.05) is 41.7 Å². The average Bonchev–Trinajstić information content (AvgIpc) is 3.05. The van der Waals surface area contributed by atoms with Crippen molar-refractivity contribution in [2.45, 2.75) is 31.9 Å². The molecule has 3 heterocycles. The van der Waals surface area contributed by atoms with E-state index in [0.29, 0.717) is 12.1 Å². The molecule has 0 amide bonds. The second-order valence-electron chi connectivity index (χ2n) is 5.07. The second-order valence-corrected chi connectivity index (χ2v) is 7.10. The third-order valence-electron chi connectivity index (χ3n) is 3.52. The molecular weight excluding hydrogens is 290 g/mol. The van der Waals surface area contributed by atoms with Crippen LogP contribution in [0.5, 0.6) is 0 Å². The maximum Gasteiger partial charge on any atom is 0.193 e. The summed E-state index contributed by atoms with van der Waals surface area (Å²) in [6, 6.07) is 0.368. The van der Waals surface area contributed by atoms with E-state index in [2.05, 4.69) is 34.4 Å². The number of nitrogens with zero attached hydrogens (tertiary/aromatic N) is 2.